The Morgan fingerprint density at radius 1 is 1.27 bits per heavy atom. The molecule has 1 aliphatic heterocycles. The summed E-state index contributed by atoms with van der Waals surface area (Å²) in [4.78, 5) is 12.9. The SMILES string of the molecule is CC/C=C/S(=O)(=O)NC[C@H]1O[C@@H](n2cnc3c(C)ncnc32)[C@H](C)[C@@H]1C. The minimum atomic E-state index is -3.43. The second kappa shape index (κ2) is 7.42. The summed E-state index contributed by atoms with van der Waals surface area (Å²) in [7, 11) is -3.43. The van der Waals surface area contributed by atoms with Gasteiger partial charge < -0.3 is 4.74 Å². The van der Waals surface area contributed by atoms with E-state index in [1.54, 1.807) is 12.4 Å². The van der Waals surface area contributed by atoms with Crippen LogP contribution in [0.2, 0.25) is 0 Å². The van der Waals surface area contributed by atoms with Gasteiger partial charge in [0.05, 0.1) is 18.1 Å². The van der Waals surface area contributed by atoms with Crippen LogP contribution in [0.25, 0.3) is 11.2 Å². The van der Waals surface area contributed by atoms with Gasteiger partial charge in [-0.25, -0.2) is 28.1 Å². The number of sulfonamides is 1. The molecule has 0 unspecified atom stereocenters. The molecule has 0 aliphatic carbocycles. The lowest BCUT2D eigenvalue weighted by Crippen LogP contribution is -2.33. The molecule has 0 radical (unpaired) electrons. The lowest BCUT2D eigenvalue weighted by molar-refractivity contribution is -0.00790. The molecule has 9 heteroatoms. The molecule has 3 heterocycles. The summed E-state index contributed by atoms with van der Waals surface area (Å²) in [6.45, 7) is 8.19. The second-order valence-electron chi connectivity index (χ2n) is 6.74. The summed E-state index contributed by atoms with van der Waals surface area (Å²) in [5, 5.41) is 1.20. The molecule has 0 saturated carbocycles. The number of hydrogen-bond donors (Lipinski definition) is 1. The maximum Gasteiger partial charge on any atom is 0.233 e. The van der Waals surface area contributed by atoms with E-state index in [-0.39, 0.29) is 30.7 Å². The maximum atomic E-state index is 12.0. The van der Waals surface area contributed by atoms with Gasteiger partial charge in [-0.05, 0) is 19.3 Å². The molecule has 1 N–H and O–H groups in total. The highest BCUT2D eigenvalue weighted by Crippen LogP contribution is 2.39. The van der Waals surface area contributed by atoms with Crippen molar-refractivity contribution in [3.8, 4) is 0 Å². The smallest absolute Gasteiger partial charge is 0.233 e. The van der Waals surface area contributed by atoms with E-state index in [0.717, 1.165) is 16.9 Å². The van der Waals surface area contributed by atoms with Crippen molar-refractivity contribution in [1.29, 1.82) is 0 Å². The quantitative estimate of drug-likeness (QED) is 0.826. The Labute approximate surface area is 153 Å². The molecule has 0 aromatic carbocycles. The highest BCUT2D eigenvalue weighted by molar-refractivity contribution is 7.92. The summed E-state index contributed by atoms with van der Waals surface area (Å²) in [6.07, 6.45) is 5.06. The van der Waals surface area contributed by atoms with Gasteiger partial charge in [-0.15, -0.1) is 0 Å². The molecule has 1 saturated heterocycles. The summed E-state index contributed by atoms with van der Waals surface area (Å²) < 4.78 is 34.7. The van der Waals surface area contributed by atoms with E-state index in [0.29, 0.717) is 6.42 Å². The number of hydrogen-bond acceptors (Lipinski definition) is 6. The summed E-state index contributed by atoms with van der Waals surface area (Å²) >= 11 is 0. The minimum Gasteiger partial charge on any atom is -0.353 e. The highest BCUT2D eigenvalue weighted by Gasteiger charge is 2.40. The number of ether oxygens (including phenoxy) is 1. The molecule has 8 nitrogen and oxygen atoms in total. The Morgan fingerprint density at radius 2 is 2.04 bits per heavy atom. The fraction of sp³-hybridized carbons (Fsp3) is 0.588. The van der Waals surface area contributed by atoms with Crippen LogP contribution >= 0.6 is 0 Å². The topological polar surface area (TPSA) is 99.0 Å². The van der Waals surface area contributed by atoms with E-state index in [9.17, 15) is 8.42 Å². The van der Waals surface area contributed by atoms with Crippen molar-refractivity contribution in [2.75, 3.05) is 6.54 Å². The molecule has 2 aromatic rings. The Kier molecular flexibility index (Phi) is 5.40. The molecule has 4 atom stereocenters. The van der Waals surface area contributed by atoms with Gasteiger partial charge in [0.15, 0.2) is 5.65 Å². The van der Waals surface area contributed by atoms with E-state index in [2.05, 4.69) is 33.5 Å². The molecule has 142 valence electrons. The Balaban J connectivity index is 1.77. The number of fused-ring (bicyclic) bond motifs is 1. The predicted molar refractivity (Wildman–Crippen MR) is 98.7 cm³/mol. The van der Waals surface area contributed by atoms with Crippen molar-refractivity contribution in [1.82, 2.24) is 24.2 Å². The van der Waals surface area contributed by atoms with Crippen LogP contribution in [-0.4, -0.2) is 40.6 Å². The van der Waals surface area contributed by atoms with Gasteiger partial charge in [0.1, 0.15) is 18.1 Å². The number of nitrogens with zero attached hydrogens (tertiary/aromatic N) is 4. The molecule has 0 spiro atoms. The molecule has 1 fully saturated rings. The van der Waals surface area contributed by atoms with Gasteiger partial charge >= 0.3 is 0 Å². The first-order chi connectivity index (χ1) is 12.3. The third-order valence-corrected chi connectivity index (χ3v) is 6.11. The second-order valence-corrected chi connectivity index (χ2v) is 8.39. The van der Waals surface area contributed by atoms with Crippen LogP contribution in [0, 0.1) is 18.8 Å². The van der Waals surface area contributed by atoms with E-state index in [1.165, 1.54) is 11.7 Å². The molecule has 2 aromatic heterocycles. The number of rotatable bonds is 6. The summed E-state index contributed by atoms with van der Waals surface area (Å²) in [5.74, 6) is 0.363. The van der Waals surface area contributed by atoms with Crippen LogP contribution in [0.1, 0.15) is 39.1 Å². The van der Waals surface area contributed by atoms with Crippen molar-refractivity contribution in [2.45, 2.75) is 46.4 Å². The van der Waals surface area contributed by atoms with Crippen LogP contribution < -0.4 is 4.72 Å². The lowest BCUT2D eigenvalue weighted by atomic mass is 9.93. The van der Waals surface area contributed by atoms with E-state index in [1.807, 2.05) is 18.4 Å². The molecule has 3 rings (SSSR count). The van der Waals surface area contributed by atoms with Crippen molar-refractivity contribution in [3.63, 3.8) is 0 Å². The first-order valence-electron chi connectivity index (χ1n) is 8.80. The molecule has 1 aliphatic rings. The Morgan fingerprint density at radius 3 is 2.77 bits per heavy atom. The third-order valence-electron chi connectivity index (χ3n) is 4.99. The average molecular weight is 379 g/mol. The van der Waals surface area contributed by atoms with Crippen molar-refractivity contribution in [2.24, 2.45) is 11.8 Å². The zero-order chi connectivity index (χ0) is 18.9. The van der Waals surface area contributed by atoms with Crippen LogP contribution in [-0.2, 0) is 14.8 Å². The van der Waals surface area contributed by atoms with Crippen molar-refractivity contribution in [3.05, 3.63) is 29.8 Å². The van der Waals surface area contributed by atoms with Gasteiger partial charge in [0.2, 0.25) is 10.0 Å². The highest BCUT2D eigenvalue weighted by atomic mass is 32.2. The van der Waals surface area contributed by atoms with Crippen LogP contribution in [0.15, 0.2) is 24.1 Å². The summed E-state index contributed by atoms with van der Waals surface area (Å²) in [5.41, 5.74) is 2.30. The Bertz CT molecular complexity index is 908. The minimum absolute atomic E-state index is 0.179. The van der Waals surface area contributed by atoms with Gasteiger partial charge in [-0.2, -0.15) is 0 Å². The normalized spacial score (nSPS) is 26.9. The Hall–Kier alpha value is -1.84. The fourth-order valence-corrected chi connectivity index (χ4v) is 4.14. The first kappa shape index (κ1) is 18.9. The number of nitrogens with one attached hydrogen (secondary N) is 1. The van der Waals surface area contributed by atoms with Crippen molar-refractivity contribution < 1.29 is 13.2 Å². The summed E-state index contributed by atoms with van der Waals surface area (Å²) in [6, 6.07) is 0. The van der Waals surface area contributed by atoms with Gasteiger partial charge in [-0.1, -0.05) is 26.8 Å². The zero-order valence-electron chi connectivity index (χ0n) is 15.5. The van der Waals surface area contributed by atoms with Crippen molar-refractivity contribution >= 4 is 21.2 Å². The number of imidazole rings is 1. The zero-order valence-corrected chi connectivity index (χ0v) is 16.3. The molecule has 0 amide bonds. The van der Waals surface area contributed by atoms with Crippen LogP contribution in [0.4, 0.5) is 0 Å². The molecule has 0 bridgehead atoms. The van der Waals surface area contributed by atoms with Crippen LogP contribution in [0.3, 0.4) is 0 Å². The predicted octanol–water partition coefficient (Wildman–Crippen LogP) is 2.15. The standard InChI is InChI=1S/C17H25N5O3S/c1-5-6-7-26(23,24)21-8-14-11(2)12(3)17(25-14)22-10-20-15-13(4)18-9-19-16(15)22/h6-7,9-12,14,17,21H,5,8H2,1-4H3/b7-6+/t11-,12+,14+,17+/m0/s1. The number of aromatic nitrogens is 4. The number of allylic oxidation sites excluding steroid dienone is 1. The van der Waals surface area contributed by atoms with Gasteiger partial charge in [-0.3, -0.25) is 4.57 Å². The fourth-order valence-electron chi connectivity index (χ4n) is 3.20. The lowest BCUT2D eigenvalue weighted by Gasteiger charge is -2.17. The van der Waals surface area contributed by atoms with Gasteiger partial charge in [0, 0.05) is 17.9 Å². The average Bonchev–Trinajstić information content (AvgIpc) is 3.15. The monoisotopic (exact) mass is 379 g/mol. The maximum absolute atomic E-state index is 12.0. The van der Waals surface area contributed by atoms with E-state index >= 15 is 0 Å². The van der Waals surface area contributed by atoms with E-state index < -0.39 is 10.0 Å². The largest absolute Gasteiger partial charge is 0.353 e. The van der Waals surface area contributed by atoms with Crippen LogP contribution in [0.5, 0.6) is 0 Å². The van der Waals surface area contributed by atoms with E-state index in [4.69, 9.17) is 4.74 Å². The first-order valence-corrected chi connectivity index (χ1v) is 10.3. The molecular formula is C17H25N5O3S. The number of aryl methyl sites for hydroxylation is 1. The molecular weight excluding hydrogens is 354 g/mol. The molecule has 26 heavy (non-hydrogen) atoms. The van der Waals surface area contributed by atoms with Gasteiger partial charge in [0.25, 0.3) is 0 Å². The third kappa shape index (κ3) is 3.65.